The molecule has 0 aliphatic rings. The fourth-order valence-corrected chi connectivity index (χ4v) is 0.627. The summed E-state index contributed by atoms with van der Waals surface area (Å²) in [4.78, 5) is 0. The van der Waals surface area contributed by atoms with Gasteiger partial charge in [0.25, 0.3) is 0 Å². The molecule has 0 saturated carbocycles. The molecule has 1 unspecified atom stereocenters. The van der Waals surface area contributed by atoms with E-state index in [0.717, 1.165) is 6.42 Å². The minimum absolute atomic E-state index is 0.500. The molecule has 0 aromatic heterocycles. The summed E-state index contributed by atoms with van der Waals surface area (Å²) in [5.74, 6) is 0. The van der Waals surface area contributed by atoms with Crippen molar-refractivity contribution in [3.8, 4) is 6.07 Å². The molecule has 0 aliphatic carbocycles. The first kappa shape index (κ1) is 10.4. The highest BCUT2D eigenvalue weighted by Gasteiger charge is 2.15. The van der Waals surface area contributed by atoms with Crippen LogP contribution in [0.2, 0.25) is 0 Å². The topological polar surface area (TPSA) is 56.0 Å². The lowest BCUT2D eigenvalue weighted by Crippen LogP contribution is -2.37. The largest absolute Gasteiger partial charge is 0.389 e. The second-order valence-electron chi connectivity index (χ2n) is 2.94. The molecule has 0 aliphatic heterocycles. The molecule has 0 heterocycles. The van der Waals surface area contributed by atoms with Crippen molar-refractivity contribution in [1.29, 1.82) is 5.26 Å². The molecule has 0 bridgehead atoms. The Hall–Kier alpha value is -0.590. The molecule has 0 aromatic carbocycles. The van der Waals surface area contributed by atoms with Gasteiger partial charge in [0, 0.05) is 19.5 Å². The van der Waals surface area contributed by atoms with E-state index in [2.05, 4.69) is 5.32 Å². The van der Waals surface area contributed by atoms with Crippen LogP contribution in [0.5, 0.6) is 0 Å². The van der Waals surface area contributed by atoms with Crippen LogP contribution in [0.3, 0.4) is 0 Å². The predicted octanol–water partition coefficient (Wildman–Crippen LogP) is 0.651. The summed E-state index contributed by atoms with van der Waals surface area (Å²) in [6.07, 6.45) is 1.23. The first-order valence-electron chi connectivity index (χ1n) is 3.92. The van der Waals surface area contributed by atoms with Crippen LogP contribution in [-0.2, 0) is 0 Å². The average Bonchev–Trinajstić information content (AvgIpc) is 1.99. The van der Waals surface area contributed by atoms with Gasteiger partial charge in [-0.25, -0.2) is 0 Å². The summed E-state index contributed by atoms with van der Waals surface area (Å²) in [6.45, 7) is 4.94. The number of nitrogens with zero attached hydrogens (tertiary/aromatic N) is 1. The van der Waals surface area contributed by atoms with E-state index in [-0.39, 0.29) is 0 Å². The summed E-state index contributed by atoms with van der Waals surface area (Å²) in [5.41, 5.74) is -0.630. The normalized spacial score (nSPS) is 15.5. The van der Waals surface area contributed by atoms with Gasteiger partial charge in [0.2, 0.25) is 0 Å². The maximum atomic E-state index is 9.48. The van der Waals surface area contributed by atoms with Gasteiger partial charge in [-0.2, -0.15) is 5.26 Å². The molecule has 3 nitrogen and oxygen atoms in total. The van der Waals surface area contributed by atoms with E-state index in [1.165, 1.54) is 0 Å². The third-order valence-electron chi connectivity index (χ3n) is 1.68. The zero-order valence-electron chi connectivity index (χ0n) is 7.22. The van der Waals surface area contributed by atoms with Crippen molar-refractivity contribution in [3.05, 3.63) is 0 Å². The van der Waals surface area contributed by atoms with Crippen LogP contribution in [0, 0.1) is 11.3 Å². The Kier molecular flexibility index (Phi) is 4.84. The Balaban J connectivity index is 3.32. The molecule has 11 heavy (non-hydrogen) atoms. The van der Waals surface area contributed by atoms with E-state index in [0.29, 0.717) is 19.5 Å². The van der Waals surface area contributed by atoms with Gasteiger partial charge in [-0.15, -0.1) is 0 Å². The minimum Gasteiger partial charge on any atom is -0.389 e. The van der Waals surface area contributed by atoms with Gasteiger partial charge < -0.3 is 10.4 Å². The van der Waals surface area contributed by atoms with E-state index in [9.17, 15) is 5.11 Å². The van der Waals surface area contributed by atoms with E-state index in [1.54, 1.807) is 6.92 Å². The Bertz CT molecular complexity index is 138. The maximum Gasteiger partial charge on any atom is 0.0740 e. The van der Waals surface area contributed by atoms with Crippen molar-refractivity contribution < 1.29 is 5.11 Å². The number of rotatable bonds is 5. The summed E-state index contributed by atoms with van der Waals surface area (Å²) in [5, 5.41) is 20.7. The monoisotopic (exact) mass is 156 g/mol. The van der Waals surface area contributed by atoms with Crippen molar-refractivity contribution >= 4 is 0 Å². The fraction of sp³-hybridized carbons (Fsp3) is 0.875. The third-order valence-corrected chi connectivity index (χ3v) is 1.68. The predicted molar refractivity (Wildman–Crippen MR) is 44.0 cm³/mol. The Morgan fingerprint density at radius 1 is 1.64 bits per heavy atom. The zero-order valence-corrected chi connectivity index (χ0v) is 7.22. The van der Waals surface area contributed by atoms with E-state index >= 15 is 0 Å². The van der Waals surface area contributed by atoms with Crippen molar-refractivity contribution in [2.75, 3.05) is 13.1 Å². The highest BCUT2D eigenvalue weighted by Crippen LogP contribution is 2.05. The number of hydrogen-bond donors (Lipinski definition) is 2. The van der Waals surface area contributed by atoms with Crippen LogP contribution in [0.15, 0.2) is 0 Å². The molecular weight excluding hydrogens is 140 g/mol. The van der Waals surface area contributed by atoms with Crippen LogP contribution in [0.1, 0.15) is 26.7 Å². The van der Waals surface area contributed by atoms with E-state index in [4.69, 9.17) is 5.26 Å². The Labute approximate surface area is 68.0 Å². The SMILES string of the molecule is CCC(C)(O)CNCCC#N. The summed E-state index contributed by atoms with van der Waals surface area (Å²) in [7, 11) is 0. The van der Waals surface area contributed by atoms with Crippen LogP contribution in [0.4, 0.5) is 0 Å². The van der Waals surface area contributed by atoms with Crippen molar-refractivity contribution in [1.82, 2.24) is 5.32 Å². The second kappa shape index (κ2) is 5.11. The van der Waals surface area contributed by atoms with Crippen LogP contribution in [0.25, 0.3) is 0 Å². The van der Waals surface area contributed by atoms with Crippen LogP contribution >= 0.6 is 0 Å². The van der Waals surface area contributed by atoms with Gasteiger partial charge in [0.05, 0.1) is 11.7 Å². The fourth-order valence-electron chi connectivity index (χ4n) is 0.627. The molecular formula is C8H16N2O. The van der Waals surface area contributed by atoms with E-state index < -0.39 is 5.60 Å². The van der Waals surface area contributed by atoms with Gasteiger partial charge in [-0.3, -0.25) is 0 Å². The molecule has 0 radical (unpaired) electrons. The van der Waals surface area contributed by atoms with Crippen molar-refractivity contribution in [3.63, 3.8) is 0 Å². The molecule has 0 spiro atoms. The standard InChI is InChI=1S/C8H16N2O/c1-3-8(2,11)7-10-6-4-5-9/h10-11H,3-4,6-7H2,1-2H3. The summed E-state index contributed by atoms with van der Waals surface area (Å²) < 4.78 is 0. The third kappa shape index (κ3) is 5.84. The molecule has 0 rings (SSSR count). The molecule has 3 heteroatoms. The van der Waals surface area contributed by atoms with E-state index in [1.807, 2.05) is 13.0 Å². The lowest BCUT2D eigenvalue weighted by Gasteiger charge is -2.21. The molecule has 0 aromatic rings. The quantitative estimate of drug-likeness (QED) is 0.575. The lowest BCUT2D eigenvalue weighted by molar-refractivity contribution is 0.0562. The van der Waals surface area contributed by atoms with Gasteiger partial charge in [-0.1, -0.05) is 6.92 Å². The Morgan fingerprint density at radius 3 is 2.73 bits per heavy atom. The van der Waals surface area contributed by atoms with Gasteiger partial charge in [0.15, 0.2) is 0 Å². The highest BCUT2D eigenvalue weighted by molar-refractivity contribution is 4.75. The summed E-state index contributed by atoms with van der Waals surface area (Å²) >= 11 is 0. The molecule has 0 saturated heterocycles. The highest BCUT2D eigenvalue weighted by atomic mass is 16.3. The zero-order chi connectivity index (χ0) is 8.74. The number of aliphatic hydroxyl groups is 1. The average molecular weight is 156 g/mol. The summed E-state index contributed by atoms with van der Waals surface area (Å²) in [6, 6.07) is 2.03. The van der Waals surface area contributed by atoms with Gasteiger partial charge in [0.1, 0.15) is 0 Å². The van der Waals surface area contributed by atoms with Crippen LogP contribution in [-0.4, -0.2) is 23.8 Å². The second-order valence-corrected chi connectivity index (χ2v) is 2.94. The minimum atomic E-state index is -0.630. The molecule has 0 fully saturated rings. The smallest absolute Gasteiger partial charge is 0.0740 e. The van der Waals surface area contributed by atoms with Gasteiger partial charge >= 0.3 is 0 Å². The first-order valence-corrected chi connectivity index (χ1v) is 3.92. The molecule has 64 valence electrons. The van der Waals surface area contributed by atoms with Gasteiger partial charge in [-0.05, 0) is 13.3 Å². The van der Waals surface area contributed by atoms with Crippen molar-refractivity contribution in [2.45, 2.75) is 32.3 Å². The number of nitrogens with one attached hydrogen (secondary N) is 1. The van der Waals surface area contributed by atoms with Crippen LogP contribution < -0.4 is 5.32 Å². The molecule has 1 atom stereocenters. The van der Waals surface area contributed by atoms with Crippen molar-refractivity contribution in [2.24, 2.45) is 0 Å². The number of nitriles is 1. The first-order chi connectivity index (χ1) is 5.12. The molecule has 2 N–H and O–H groups in total. The lowest BCUT2D eigenvalue weighted by atomic mass is 10.0. The molecule has 0 amide bonds. The maximum absolute atomic E-state index is 9.48. The Morgan fingerprint density at radius 2 is 2.27 bits per heavy atom. The number of hydrogen-bond acceptors (Lipinski definition) is 3.